The predicted molar refractivity (Wildman–Crippen MR) is 131 cm³/mol. The van der Waals surface area contributed by atoms with Crippen LogP contribution in [0.5, 0.6) is 0 Å². The molecule has 0 saturated heterocycles. The fourth-order valence-electron chi connectivity index (χ4n) is 3.88. The van der Waals surface area contributed by atoms with E-state index < -0.39 is 0 Å². The molecular formula is C24H28ClN5OS. The lowest BCUT2D eigenvalue weighted by atomic mass is 10.0. The van der Waals surface area contributed by atoms with E-state index in [4.69, 9.17) is 11.6 Å². The van der Waals surface area contributed by atoms with Crippen molar-refractivity contribution in [2.24, 2.45) is 0 Å². The van der Waals surface area contributed by atoms with Crippen LogP contribution in [0.2, 0.25) is 5.02 Å². The fourth-order valence-corrected chi connectivity index (χ4v) is 4.95. The summed E-state index contributed by atoms with van der Waals surface area (Å²) >= 11 is 7.56. The minimum atomic E-state index is -0.307. The van der Waals surface area contributed by atoms with Gasteiger partial charge >= 0.3 is 0 Å². The van der Waals surface area contributed by atoms with Gasteiger partial charge in [0, 0.05) is 22.9 Å². The maximum Gasteiger partial charge on any atom is 0.240 e. The number of carbonyl (C=O) groups excluding carboxylic acids is 1. The third-order valence-corrected chi connectivity index (χ3v) is 7.18. The molecule has 32 heavy (non-hydrogen) atoms. The number of rotatable bonds is 6. The van der Waals surface area contributed by atoms with Crippen molar-refractivity contribution in [1.82, 2.24) is 19.7 Å². The van der Waals surface area contributed by atoms with Crippen LogP contribution in [0.1, 0.15) is 37.7 Å². The minimum absolute atomic E-state index is 0.0486. The van der Waals surface area contributed by atoms with Gasteiger partial charge in [-0.15, -0.1) is 10.2 Å². The molecule has 0 fully saturated rings. The van der Waals surface area contributed by atoms with Crippen LogP contribution in [0.25, 0.3) is 5.69 Å². The molecular weight excluding hydrogens is 442 g/mol. The van der Waals surface area contributed by atoms with Gasteiger partial charge in [0.25, 0.3) is 0 Å². The van der Waals surface area contributed by atoms with Crippen molar-refractivity contribution in [3.63, 3.8) is 0 Å². The van der Waals surface area contributed by atoms with Gasteiger partial charge in [-0.05, 0) is 76.7 Å². The monoisotopic (exact) mass is 469 g/mol. The third-order valence-electron chi connectivity index (χ3n) is 5.90. The Kier molecular flexibility index (Phi) is 6.88. The molecule has 2 aromatic carbocycles. The van der Waals surface area contributed by atoms with Crippen LogP contribution in [0.3, 0.4) is 0 Å². The highest BCUT2D eigenvalue weighted by Crippen LogP contribution is 2.33. The zero-order valence-electron chi connectivity index (χ0n) is 18.8. The summed E-state index contributed by atoms with van der Waals surface area (Å²) in [7, 11) is 4.02. The van der Waals surface area contributed by atoms with E-state index in [0.717, 1.165) is 36.6 Å². The summed E-state index contributed by atoms with van der Waals surface area (Å²) in [6.45, 7) is 4.78. The van der Waals surface area contributed by atoms with Gasteiger partial charge in [0.15, 0.2) is 11.0 Å². The molecule has 1 aliphatic rings. The van der Waals surface area contributed by atoms with E-state index in [9.17, 15) is 4.79 Å². The highest BCUT2D eigenvalue weighted by atomic mass is 35.5. The van der Waals surface area contributed by atoms with Gasteiger partial charge in [-0.3, -0.25) is 14.3 Å². The van der Waals surface area contributed by atoms with Gasteiger partial charge in [0.05, 0.1) is 11.3 Å². The summed E-state index contributed by atoms with van der Waals surface area (Å²) in [5, 5.41) is 10.0. The number of hydrogen-bond donors (Lipinski definition) is 0. The fraction of sp³-hybridized carbons (Fsp3) is 0.375. The molecule has 8 heteroatoms. The lowest BCUT2D eigenvalue weighted by Gasteiger charge is -2.31. The molecule has 0 spiro atoms. The summed E-state index contributed by atoms with van der Waals surface area (Å²) in [4.78, 5) is 17.4. The van der Waals surface area contributed by atoms with Gasteiger partial charge in [-0.1, -0.05) is 41.6 Å². The van der Waals surface area contributed by atoms with Gasteiger partial charge in [0.1, 0.15) is 0 Å². The number of carbonyl (C=O) groups is 1. The Labute approximate surface area is 198 Å². The molecule has 2 unspecified atom stereocenters. The van der Waals surface area contributed by atoms with Crippen LogP contribution in [0.4, 0.5) is 5.69 Å². The first kappa shape index (κ1) is 22.8. The summed E-state index contributed by atoms with van der Waals surface area (Å²) in [6, 6.07) is 15.8. The Balaban J connectivity index is 1.64. The van der Waals surface area contributed by atoms with Crippen LogP contribution in [0.15, 0.2) is 53.7 Å². The van der Waals surface area contributed by atoms with Crippen molar-refractivity contribution in [2.45, 2.75) is 43.1 Å². The van der Waals surface area contributed by atoms with E-state index in [-0.39, 0.29) is 17.2 Å². The summed E-state index contributed by atoms with van der Waals surface area (Å²) in [6.07, 6.45) is 1.99. The number of amides is 1. The molecule has 0 saturated carbocycles. The van der Waals surface area contributed by atoms with Gasteiger partial charge in [0.2, 0.25) is 5.91 Å². The molecule has 2 atom stereocenters. The standard InChI is InChI=1S/C24H28ClN5OS/c1-16(28(3)4)22-26-27-24(30(22)20-13-11-19(25)12-14-20)32-17(2)23(31)29-15-7-9-18-8-5-6-10-21(18)29/h5-6,8,10-14,16-17H,7,9,15H2,1-4H3. The maximum absolute atomic E-state index is 13.4. The molecule has 6 nitrogen and oxygen atoms in total. The Hall–Kier alpha value is -2.35. The molecule has 2 heterocycles. The number of benzene rings is 2. The number of hydrogen-bond acceptors (Lipinski definition) is 5. The average molecular weight is 470 g/mol. The molecule has 1 aliphatic heterocycles. The average Bonchev–Trinajstić information content (AvgIpc) is 3.21. The quantitative estimate of drug-likeness (QED) is 0.475. The smallest absolute Gasteiger partial charge is 0.240 e. The largest absolute Gasteiger partial charge is 0.311 e. The first-order valence-corrected chi connectivity index (χ1v) is 12.1. The Morgan fingerprint density at radius 3 is 2.53 bits per heavy atom. The number of aryl methyl sites for hydroxylation is 1. The third kappa shape index (κ3) is 4.56. The number of thioether (sulfide) groups is 1. The number of nitrogens with zero attached hydrogens (tertiary/aromatic N) is 5. The second-order valence-electron chi connectivity index (χ2n) is 8.27. The van der Waals surface area contributed by atoms with Crippen molar-refractivity contribution < 1.29 is 4.79 Å². The highest BCUT2D eigenvalue weighted by Gasteiger charge is 2.29. The maximum atomic E-state index is 13.4. The van der Waals surface area contributed by atoms with Crippen LogP contribution < -0.4 is 4.90 Å². The number of para-hydroxylation sites is 1. The lowest BCUT2D eigenvalue weighted by molar-refractivity contribution is -0.117. The normalized spacial score (nSPS) is 15.5. The molecule has 0 N–H and O–H groups in total. The second-order valence-corrected chi connectivity index (χ2v) is 10.0. The number of fused-ring (bicyclic) bond motifs is 1. The van der Waals surface area contributed by atoms with Crippen molar-refractivity contribution in [3.8, 4) is 5.69 Å². The Bertz CT molecular complexity index is 1100. The van der Waals surface area contributed by atoms with E-state index >= 15 is 0 Å². The predicted octanol–water partition coefficient (Wildman–Crippen LogP) is 5.00. The molecule has 1 amide bonds. The summed E-state index contributed by atoms with van der Waals surface area (Å²) < 4.78 is 2.03. The van der Waals surface area contributed by atoms with E-state index in [1.165, 1.54) is 17.3 Å². The number of halogens is 1. The van der Waals surface area contributed by atoms with Crippen molar-refractivity contribution in [1.29, 1.82) is 0 Å². The van der Waals surface area contributed by atoms with Gasteiger partial charge in [-0.25, -0.2) is 0 Å². The van der Waals surface area contributed by atoms with Crippen molar-refractivity contribution in [3.05, 3.63) is 64.9 Å². The van der Waals surface area contributed by atoms with Gasteiger partial charge < -0.3 is 4.90 Å². The minimum Gasteiger partial charge on any atom is -0.311 e. The zero-order chi connectivity index (χ0) is 22.8. The van der Waals surface area contributed by atoms with E-state index in [2.05, 4.69) is 28.1 Å². The molecule has 0 radical (unpaired) electrons. The van der Waals surface area contributed by atoms with Crippen molar-refractivity contribution in [2.75, 3.05) is 25.5 Å². The highest BCUT2D eigenvalue weighted by molar-refractivity contribution is 8.00. The first-order chi connectivity index (χ1) is 15.4. The van der Waals surface area contributed by atoms with Crippen LogP contribution >= 0.6 is 23.4 Å². The first-order valence-electron chi connectivity index (χ1n) is 10.8. The molecule has 0 bridgehead atoms. The molecule has 0 aliphatic carbocycles. The Morgan fingerprint density at radius 1 is 1.09 bits per heavy atom. The van der Waals surface area contributed by atoms with E-state index in [0.29, 0.717) is 10.2 Å². The Morgan fingerprint density at radius 2 is 1.81 bits per heavy atom. The molecule has 4 rings (SSSR count). The second kappa shape index (κ2) is 9.65. The number of anilines is 1. The van der Waals surface area contributed by atoms with Crippen LogP contribution in [0, 0.1) is 0 Å². The molecule has 3 aromatic rings. The summed E-state index contributed by atoms with van der Waals surface area (Å²) in [5.41, 5.74) is 3.18. The molecule has 168 valence electrons. The van der Waals surface area contributed by atoms with Crippen LogP contribution in [-0.2, 0) is 11.2 Å². The zero-order valence-corrected chi connectivity index (χ0v) is 20.4. The van der Waals surface area contributed by atoms with Gasteiger partial charge in [-0.2, -0.15) is 0 Å². The van der Waals surface area contributed by atoms with E-state index in [1.807, 2.05) is 73.0 Å². The lowest BCUT2D eigenvalue weighted by Crippen LogP contribution is -2.40. The van der Waals surface area contributed by atoms with Crippen molar-refractivity contribution >= 4 is 35.0 Å². The molecule has 1 aromatic heterocycles. The van der Waals surface area contributed by atoms with Crippen LogP contribution in [-0.4, -0.2) is 51.5 Å². The topological polar surface area (TPSA) is 54.3 Å². The number of aromatic nitrogens is 3. The van der Waals surface area contributed by atoms with E-state index in [1.54, 1.807) is 0 Å². The SMILES string of the molecule is CC(Sc1nnc(C(C)N(C)C)n1-c1ccc(Cl)cc1)C(=O)N1CCCc2ccccc21. The summed E-state index contributed by atoms with van der Waals surface area (Å²) in [5.74, 6) is 0.915.